The van der Waals surface area contributed by atoms with Crippen molar-refractivity contribution in [3.05, 3.63) is 29.3 Å². The average molecular weight is 371 g/mol. The molecule has 7 nitrogen and oxygen atoms in total. The number of methoxy groups -OCH3 is 1. The molecule has 0 aromatic heterocycles. The minimum atomic E-state index is -0.371. The Bertz CT molecular complexity index is 759. The van der Waals surface area contributed by atoms with E-state index < -0.39 is 0 Å². The summed E-state index contributed by atoms with van der Waals surface area (Å²) in [5.74, 6) is 0.380. The third kappa shape index (κ3) is 5.74. The standard InChI is InChI=1S/C20H25N3O4/c1-4-23(5-2)19(24)13-27-17-9-6-14(11-18(17)26-3)10-15(12-21)20(25)22-16-7-8-16/h6,9-11,16H,4-5,7-8,13H2,1-3H3,(H,22,25)/b15-10+. The second kappa shape index (κ2) is 9.62. The predicted molar refractivity (Wildman–Crippen MR) is 101 cm³/mol. The zero-order valence-corrected chi connectivity index (χ0v) is 15.9. The van der Waals surface area contributed by atoms with Gasteiger partial charge in [0, 0.05) is 19.1 Å². The first-order valence-electron chi connectivity index (χ1n) is 9.03. The summed E-state index contributed by atoms with van der Waals surface area (Å²) in [6.45, 7) is 4.99. The fraction of sp³-hybridized carbons (Fsp3) is 0.450. The summed E-state index contributed by atoms with van der Waals surface area (Å²) in [6, 6.07) is 7.15. The highest BCUT2D eigenvalue weighted by Gasteiger charge is 2.24. The van der Waals surface area contributed by atoms with E-state index in [1.54, 1.807) is 23.1 Å². The molecule has 0 heterocycles. The summed E-state index contributed by atoms with van der Waals surface area (Å²) in [5.41, 5.74) is 0.672. The van der Waals surface area contributed by atoms with Crippen molar-refractivity contribution in [2.45, 2.75) is 32.7 Å². The van der Waals surface area contributed by atoms with Crippen LogP contribution in [0.15, 0.2) is 23.8 Å². The molecule has 2 amide bonds. The highest BCUT2D eigenvalue weighted by molar-refractivity contribution is 6.02. The minimum absolute atomic E-state index is 0.0364. The van der Waals surface area contributed by atoms with Gasteiger partial charge in [0.05, 0.1) is 7.11 Å². The highest BCUT2D eigenvalue weighted by Crippen LogP contribution is 2.29. The molecular weight excluding hydrogens is 346 g/mol. The number of nitrogens with one attached hydrogen (secondary N) is 1. The molecule has 1 saturated carbocycles. The van der Waals surface area contributed by atoms with Gasteiger partial charge in [-0.2, -0.15) is 5.26 Å². The van der Waals surface area contributed by atoms with Gasteiger partial charge in [-0.3, -0.25) is 9.59 Å². The second-order valence-electron chi connectivity index (χ2n) is 6.18. The van der Waals surface area contributed by atoms with Crippen molar-refractivity contribution in [1.82, 2.24) is 10.2 Å². The molecule has 0 aliphatic heterocycles. The van der Waals surface area contributed by atoms with Crippen LogP contribution in [0.2, 0.25) is 0 Å². The Hall–Kier alpha value is -3.01. The molecule has 0 radical (unpaired) electrons. The molecule has 1 aromatic carbocycles. The Morgan fingerprint density at radius 1 is 1.30 bits per heavy atom. The lowest BCUT2D eigenvalue weighted by Crippen LogP contribution is -2.34. The maximum Gasteiger partial charge on any atom is 0.262 e. The zero-order valence-electron chi connectivity index (χ0n) is 15.9. The molecule has 1 fully saturated rings. The zero-order chi connectivity index (χ0) is 19.8. The van der Waals surface area contributed by atoms with Crippen LogP contribution in [-0.4, -0.2) is 49.6 Å². The van der Waals surface area contributed by atoms with Crippen molar-refractivity contribution in [1.29, 1.82) is 5.26 Å². The number of hydrogen-bond donors (Lipinski definition) is 1. The normalized spacial score (nSPS) is 13.5. The third-order valence-electron chi connectivity index (χ3n) is 4.24. The van der Waals surface area contributed by atoms with Crippen LogP contribution in [0.25, 0.3) is 6.08 Å². The van der Waals surface area contributed by atoms with E-state index in [9.17, 15) is 14.9 Å². The summed E-state index contributed by atoms with van der Waals surface area (Å²) < 4.78 is 10.9. The van der Waals surface area contributed by atoms with Crippen LogP contribution in [0.4, 0.5) is 0 Å². The van der Waals surface area contributed by atoms with Gasteiger partial charge in [0.25, 0.3) is 11.8 Å². The van der Waals surface area contributed by atoms with Crippen molar-refractivity contribution in [3.8, 4) is 17.6 Å². The molecule has 1 aliphatic carbocycles. The number of amides is 2. The van der Waals surface area contributed by atoms with Crippen LogP contribution in [0.5, 0.6) is 11.5 Å². The largest absolute Gasteiger partial charge is 0.493 e. The lowest BCUT2D eigenvalue weighted by molar-refractivity contribution is -0.133. The van der Waals surface area contributed by atoms with Gasteiger partial charge in [-0.25, -0.2) is 0 Å². The molecule has 0 unspecified atom stereocenters. The molecule has 7 heteroatoms. The smallest absolute Gasteiger partial charge is 0.262 e. The van der Waals surface area contributed by atoms with E-state index in [0.717, 1.165) is 12.8 Å². The molecule has 0 saturated heterocycles. The van der Waals surface area contributed by atoms with Gasteiger partial charge in [-0.05, 0) is 50.5 Å². The van der Waals surface area contributed by atoms with Crippen molar-refractivity contribution in [2.24, 2.45) is 0 Å². The van der Waals surface area contributed by atoms with Crippen molar-refractivity contribution >= 4 is 17.9 Å². The SMILES string of the molecule is CCN(CC)C(=O)COc1ccc(/C=C(\C#N)C(=O)NC2CC2)cc1OC. The molecule has 0 bridgehead atoms. The van der Waals surface area contributed by atoms with Crippen LogP contribution >= 0.6 is 0 Å². The van der Waals surface area contributed by atoms with Crippen LogP contribution in [0, 0.1) is 11.3 Å². The average Bonchev–Trinajstić information content (AvgIpc) is 3.49. The number of likely N-dealkylation sites (N-methyl/N-ethyl adjacent to an activating group) is 1. The van der Waals surface area contributed by atoms with Gasteiger partial charge < -0.3 is 19.7 Å². The van der Waals surface area contributed by atoms with Crippen LogP contribution < -0.4 is 14.8 Å². The molecule has 2 rings (SSSR count). The fourth-order valence-corrected chi connectivity index (χ4v) is 2.51. The van der Waals surface area contributed by atoms with E-state index in [1.807, 2.05) is 19.9 Å². The Kier molecular flexibility index (Phi) is 7.24. The molecule has 144 valence electrons. The number of carbonyl (C=O) groups excluding carboxylic acids is 2. The van der Waals surface area contributed by atoms with E-state index in [1.165, 1.54) is 13.2 Å². The van der Waals surface area contributed by atoms with Gasteiger partial charge >= 0.3 is 0 Å². The first-order chi connectivity index (χ1) is 13.0. The maximum absolute atomic E-state index is 12.1. The summed E-state index contributed by atoms with van der Waals surface area (Å²) in [5, 5.41) is 12.0. The molecule has 1 N–H and O–H groups in total. The number of rotatable bonds is 9. The Balaban J connectivity index is 2.10. The number of carbonyl (C=O) groups is 2. The minimum Gasteiger partial charge on any atom is -0.493 e. The van der Waals surface area contributed by atoms with Crippen molar-refractivity contribution in [2.75, 3.05) is 26.8 Å². The van der Waals surface area contributed by atoms with Gasteiger partial charge in [-0.1, -0.05) is 6.07 Å². The maximum atomic E-state index is 12.1. The molecule has 27 heavy (non-hydrogen) atoms. The highest BCUT2D eigenvalue weighted by atomic mass is 16.5. The Labute approximate surface area is 159 Å². The van der Waals surface area contributed by atoms with Crippen molar-refractivity contribution in [3.63, 3.8) is 0 Å². The topological polar surface area (TPSA) is 91.7 Å². The second-order valence-corrected chi connectivity index (χ2v) is 6.18. The predicted octanol–water partition coefficient (Wildman–Crippen LogP) is 2.13. The lowest BCUT2D eigenvalue weighted by atomic mass is 10.1. The molecule has 1 aliphatic rings. The first kappa shape index (κ1) is 20.3. The number of benzene rings is 1. The summed E-state index contributed by atoms with van der Waals surface area (Å²) in [4.78, 5) is 25.8. The van der Waals surface area contributed by atoms with Gasteiger partial charge in [0.15, 0.2) is 18.1 Å². The number of nitrogens with zero attached hydrogens (tertiary/aromatic N) is 2. The van der Waals surface area contributed by atoms with Crippen molar-refractivity contribution < 1.29 is 19.1 Å². The monoisotopic (exact) mass is 371 g/mol. The quantitative estimate of drug-likeness (QED) is 0.530. The Morgan fingerprint density at radius 3 is 2.56 bits per heavy atom. The summed E-state index contributed by atoms with van der Waals surface area (Å²) in [6.07, 6.45) is 3.41. The third-order valence-corrected chi connectivity index (χ3v) is 4.24. The number of hydrogen-bond acceptors (Lipinski definition) is 5. The van der Waals surface area contributed by atoms with Crippen LogP contribution in [0.1, 0.15) is 32.3 Å². The number of nitriles is 1. The van der Waals surface area contributed by atoms with Crippen LogP contribution in [-0.2, 0) is 9.59 Å². The van der Waals surface area contributed by atoms with E-state index in [-0.39, 0.29) is 30.0 Å². The van der Waals surface area contributed by atoms with Gasteiger partial charge in [0.2, 0.25) is 0 Å². The van der Waals surface area contributed by atoms with E-state index in [4.69, 9.17) is 9.47 Å². The van der Waals surface area contributed by atoms with E-state index in [0.29, 0.717) is 30.2 Å². The Morgan fingerprint density at radius 2 is 2.00 bits per heavy atom. The molecule has 0 atom stereocenters. The van der Waals surface area contributed by atoms with Gasteiger partial charge in [0.1, 0.15) is 11.6 Å². The number of ether oxygens (including phenoxy) is 2. The summed E-state index contributed by atoms with van der Waals surface area (Å²) in [7, 11) is 1.49. The fourth-order valence-electron chi connectivity index (χ4n) is 2.51. The van der Waals surface area contributed by atoms with Crippen LogP contribution in [0.3, 0.4) is 0 Å². The van der Waals surface area contributed by atoms with E-state index >= 15 is 0 Å². The molecular formula is C20H25N3O4. The van der Waals surface area contributed by atoms with Gasteiger partial charge in [-0.15, -0.1) is 0 Å². The lowest BCUT2D eigenvalue weighted by Gasteiger charge is -2.19. The first-order valence-corrected chi connectivity index (χ1v) is 9.03. The molecule has 0 spiro atoms. The molecule has 1 aromatic rings. The summed E-state index contributed by atoms with van der Waals surface area (Å²) >= 11 is 0. The van der Waals surface area contributed by atoms with E-state index in [2.05, 4.69) is 5.32 Å².